The molecule has 5 aromatic heterocycles. The Labute approximate surface area is 212 Å². The molecule has 3 fully saturated rings. The Morgan fingerprint density at radius 1 is 1.08 bits per heavy atom. The van der Waals surface area contributed by atoms with E-state index in [0.29, 0.717) is 29.1 Å². The van der Waals surface area contributed by atoms with Crippen molar-refractivity contribution in [2.24, 2.45) is 0 Å². The first-order chi connectivity index (χ1) is 18.1. The van der Waals surface area contributed by atoms with Crippen molar-refractivity contribution in [2.75, 3.05) is 25.1 Å². The summed E-state index contributed by atoms with van der Waals surface area (Å²) in [6.45, 7) is 2.76. The zero-order chi connectivity index (χ0) is 25.1. The van der Waals surface area contributed by atoms with Gasteiger partial charge in [-0.05, 0) is 24.1 Å². The Hall–Kier alpha value is -4.00. The van der Waals surface area contributed by atoms with Crippen LogP contribution >= 0.6 is 0 Å². The number of nitrogens with one attached hydrogen (secondary N) is 1. The van der Waals surface area contributed by atoms with Gasteiger partial charge < -0.3 is 19.7 Å². The van der Waals surface area contributed by atoms with Crippen LogP contribution in [0, 0.1) is 0 Å². The van der Waals surface area contributed by atoms with Gasteiger partial charge in [0.1, 0.15) is 5.82 Å². The molecule has 0 spiro atoms. The topological polar surface area (TPSA) is 128 Å². The van der Waals surface area contributed by atoms with E-state index in [1.54, 1.807) is 30.1 Å². The number of nitrogens with zero attached hydrogens (tertiary/aromatic N) is 7. The number of hydrogen-bond acceptors (Lipinski definition) is 9. The molecule has 2 unspecified atom stereocenters. The molecule has 8 heterocycles. The average molecular weight is 496 g/mol. The van der Waals surface area contributed by atoms with Crippen LogP contribution in [0.1, 0.15) is 12.0 Å². The number of ether oxygens (including phenoxy) is 1. The number of pyridine rings is 3. The lowest BCUT2D eigenvalue weighted by Gasteiger charge is -2.56. The first kappa shape index (κ1) is 22.2. The van der Waals surface area contributed by atoms with Gasteiger partial charge in [-0.15, -0.1) is 5.10 Å². The van der Waals surface area contributed by atoms with Crippen LogP contribution in [-0.4, -0.2) is 84.1 Å². The number of piperidine rings is 1. The quantitative estimate of drug-likeness (QED) is 0.293. The molecule has 2 bridgehead atoms. The summed E-state index contributed by atoms with van der Waals surface area (Å²) >= 11 is 0. The molecule has 3 aliphatic heterocycles. The lowest BCUT2D eigenvalue weighted by molar-refractivity contribution is -0.00876. The Balaban J connectivity index is 1.12. The largest absolute Gasteiger partial charge is 0.490 e. The molecule has 0 amide bonds. The van der Waals surface area contributed by atoms with E-state index in [4.69, 9.17) is 9.72 Å². The van der Waals surface area contributed by atoms with Gasteiger partial charge >= 0.3 is 7.12 Å². The lowest BCUT2D eigenvalue weighted by Crippen LogP contribution is -2.68. The molecule has 0 aliphatic carbocycles. The number of aromatic amines is 1. The van der Waals surface area contributed by atoms with Gasteiger partial charge in [-0.25, -0.2) is 14.5 Å². The minimum absolute atomic E-state index is 0.355. The first-order valence-electron chi connectivity index (χ1n) is 12.2. The van der Waals surface area contributed by atoms with Crippen LogP contribution in [0.25, 0.3) is 27.7 Å². The molecule has 0 radical (unpaired) electrons. The molecule has 3 N–H and O–H groups in total. The van der Waals surface area contributed by atoms with Crippen molar-refractivity contribution in [3.63, 3.8) is 0 Å². The van der Waals surface area contributed by atoms with Gasteiger partial charge in [0.05, 0.1) is 24.2 Å². The highest BCUT2D eigenvalue weighted by atomic mass is 16.5. The number of rotatable bonds is 6. The summed E-state index contributed by atoms with van der Waals surface area (Å²) in [5.74, 6) is 1.58. The lowest BCUT2D eigenvalue weighted by atomic mass is 9.80. The normalized spacial score (nSPS) is 19.4. The summed E-state index contributed by atoms with van der Waals surface area (Å²) in [5, 5.41) is 32.0. The predicted octanol–water partition coefficient (Wildman–Crippen LogP) is 0.819. The molecule has 37 heavy (non-hydrogen) atoms. The number of hydrogen-bond donors (Lipinski definition) is 3. The van der Waals surface area contributed by atoms with Crippen LogP contribution in [0.2, 0.25) is 0 Å². The Kier molecular flexibility index (Phi) is 5.13. The minimum Gasteiger partial charge on any atom is -0.481 e. The van der Waals surface area contributed by atoms with Crippen LogP contribution in [0.3, 0.4) is 0 Å². The number of methoxy groups -OCH3 is 1. The Bertz CT molecular complexity index is 1570. The molecule has 2 atom stereocenters. The van der Waals surface area contributed by atoms with Crippen LogP contribution in [0.5, 0.6) is 5.88 Å². The molecular weight excluding hydrogens is 471 g/mol. The van der Waals surface area contributed by atoms with Crippen LogP contribution < -0.4 is 15.1 Å². The molecule has 186 valence electrons. The van der Waals surface area contributed by atoms with Crippen LogP contribution in [-0.2, 0) is 6.54 Å². The number of H-pyrrole nitrogens is 1. The zero-order valence-corrected chi connectivity index (χ0v) is 20.2. The Morgan fingerprint density at radius 2 is 1.95 bits per heavy atom. The van der Waals surface area contributed by atoms with Gasteiger partial charge in [-0.2, -0.15) is 5.10 Å². The maximum absolute atomic E-state index is 9.82. The van der Waals surface area contributed by atoms with Crippen molar-refractivity contribution in [3.8, 4) is 17.0 Å². The van der Waals surface area contributed by atoms with Gasteiger partial charge in [0.15, 0.2) is 5.65 Å². The minimum atomic E-state index is -1.60. The smallest absolute Gasteiger partial charge is 0.481 e. The molecule has 5 aromatic rings. The zero-order valence-electron chi connectivity index (χ0n) is 20.2. The predicted molar refractivity (Wildman–Crippen MR) is 139 cm³/mol. The molecule has 12 heteroatoms. The number of piperazine rings is 1. The fraction of sp³-hybridized carbons (Fsp3) is 0.280. The average Bonchev–Trinajstić information content (AvgIpc) is 3.53. The van der Waals surface area contributed by atoms with E-state index >= 15 is 0 Å². The van der Waals surface area contributed by atoms with Crippen molar-refractivity contribution in [1.29, 1.82) is 0 Å². The van der Waals surface area contributed by atoms with E-state index in [1.807, 2.05) is 30.6 Å². The van der Waals surface area contributed by atoms with E-state index in [-0.39, 0.29) is 0 Å². The number of fused-ring (bicyclic) bond motifs is 5. The van der Waals surface area contributed by atoms with E-state index in [2.05, 4.69) is 36.1 Å². The van der Waals surface area contributed by atoms with E-state index in [0.717, 1.165) is 47.5 Å². The van der Waals surface area contributed by atoms with Gasteiger partial charge in [0.2, 0.25) is 5.88 Å². The molecule has 0 aromatic carbocycles. The maximum atomic E-state index is 9.82. The Morgan fingerprint density at radius 3 is 2.65 bits per heavy atom. The third-order valence-electron chi connectivity index (χ3n) is 7.55. The fourth-order valence-electron chi connectivity index (χ4n) is 5.65. The third kappa shape index (κ3) is 3.72. The van der Waals surface area contributed by atoms with Crippen molar-refractivity contribution < 1.29 is 14.8 Å². The summed E-state index contributed by atoms with van der Waals surface area (Å²) < 4.78 is 6.83. The third-order valence-corrected chi connectivity index (χ3v) is 7.55. The van der Waals surface area contributed by atoms with Crippen LogP contribution in [0.4, 0.5) is 5.82 Å². The standard InChI is InChI=1S/C25H25BN8O3/c1-37-23-5-2-15(8-28-23)11-33-18-7-19(33)14-32(13-18)22-4-3-16(9-27-22)20-6-17(26(35)36)12-34-24(20)21-10-29-30-25(21)31-34/h2-6,8-10,12,18-19,35-36H,7,11,13-14H2,1H3,(H,30,31). The van der Waals surface area contributed by atoms with Gasteiger partial charge in [0.25, 0.3) is 0 Å². The van der Waals surface area contributed by atoms with E-state index in [9.17, 15) is 10.0 Å². The molecular formula is C25H25BN8O3. The molecule has 0 saturated carbocycles. The molecule has 11 nitrogen and oxygen atoms in total. The van der Waals surface area contributed by atoms with E-state index < -0.39 is 7.12 Å². The first-order valence-corrected chi connectivity index (χ1v) is 12.2. The SMILES string of the molecule is COc1ccc(CN2C3CC2CN(c2ccc(-c4cc(B(O)O)cn5nc6[nH]ncc6c45)cn2)C3)cn1. The number of anilines is 1. The second kappa shape index (κ2) is 8.54. The highest BCUT2D eigenvalue weighted by Crippen LogP contribution is 2.36. The van der Waals surface area contributed by atoms with Gasteiger partial charge in [0, 0.05) is 73.0 Å². The van der Waals surface area contributed by atoms with Crippen molar-refractivity contribution in [2.45, 2.75) is 25.0 Å². The molecule has 3 aliphatic rings. The maximum Gasteiger partial charge on any atom is 0.490 e. The van der Waals surface area contributed by atoms with E-state index in [1.165, 1.54) is 12.0 Å². The van der Waals surface area contributed by atoms with Gasteiger partial charge in [-0.3, -0.25) is 10.00 Å². The summed E-state index contributed by atoms with van der Waals surface area (Å²) in [5.41, 5.74) is 4.71. The molecule has 3 saturated heterocycles. The molecule has 8 rings (SSSR count). The van der Waals surface area contributed by atoms with Crippen LogP contribution in [0.15, 0.2) is 55.1 Å². The summed E-state index contributed by atoms with van der Waals surface area (Å²) in [4.78, 5) is 14.0. The highest BCUT2D eigenvalue weighted by Gasteiger charge is 2.44. The number of aromatic nitrogens is 6. The van der Waals surface area contributed by atoms with Crippen molar-refractivity contribution in [3.05, 3.63) is 60.7 Å². The highest BCUT2D eigenvalue weighted by molar-refractivity contribution is 6.58. The van der Waals surface area contributed by atoms with Crippen molar-refractivity contribution in [1.82, 2.24) is 34.7 Å². The second-order valence-electron chi connectivity index (χ2n) is 9.72. The monoisotopic (exact) mass is 496 g/mol. The summed E-state index contributed by atoms with van der Waals surface area (Å²) in [6, 6.07) is 10.8. The van der Waals surface area contributed by atoms with Gasteiger partial charge in [-0.1, -0.05) is 12.1 Å². The second-order valence-corrected chi connectivity index (χ2v) is 9.72. The summed E-state index contributed by atoms with van der Waals surface area (Å²) in [7, 11) is 0.0252. The fourth-order valence-corrected chi connectivity index (χ4v) is 5.65. The van der Waals surface area contributed by atoms with Crippen molar-refractivity contribution >= 4 is 34.9 Å². The summed E-state index contributed by atoms with van der Waals surface area (Å²) in [6.07, 6.45) is 8.29.